The van der Waals surface area contributed by atoms with Gasteiger partial charge in [0.25, 0.3) is 0 Å². The Morgan fingerprint density at radius 1 is 1.33 bits per heavy atom. The highest BCUT2D eigenvalue weighted by molar-refractivity contribution is 5.79. The molecule has 0 amide bonds. The van der Waals surface area contributed by atoms with E-state index in [9.17, 15) is 9.90 Å². The third-order valence-corrected chi connectivity index (χ3v) is 5.02. The number of hydrogen-bond acceptors (Lipinski definition) is 3. The molecular formula is C14H26N2O2. The van der Waals surface area contributed by atoms with Crippen molar-refractivity contribution in [3.63, 3.8) is 0 Å². The number of carboxylic acid groups (broad SMARTS) is 1. The average molecular weight is 254 g/mol. The molecule has 4 nitrogen and oxygen atoms in total. The summed E-state index contributed by atoms with van der Waals surface area (Å²) in [6, 6.07) is 0.416. The van der Waals surface area contributed by atoms with Crippen molar-refractivity contribution in [3.8, 4) is 0 Å². The van der Waals surface area contributed by atoms with E-state index in [-0.39, 0.29) is 5.54 Å². The number of nitrogens with zero attached hydrogens (tertiary/aromatic N) is 1. The zero-order chi connectivity index (χ0) is 13.4. The molecule has 1 heterocycles. The van der Waals surface area contributed by atoms with Gasteiger partial charge in [0.05, 0.1) is 0 Å². The Kier molecular flexibility index (Phi) is 3.70. The standard InChI is InChI=1S/C14H26N2O2/c1-13(2)7-5-9-16(13)11-6-4-8-14(10-11,15-3)12(17)18/h11,15H,4-10H2,1-3H3,(H,17,18). The summed E-state index contributed by atoms with van der Waals surface area (Å²) in [6.07, 6.45) is 6.10. The van der Waals surface area contributed by atoms with Gasteiger partial charge in [0.15, 0.2) is 0 Å². The van der Waals surface area contributed by atoms with Gasteiger partial charge in [-0.2, -0.15) is 0 Å². The lowest BCUT2D eigenvalue weighted by Gasteiger charge is -2.45. The zero-order valence-corrected chi connectivity index (χ0v) is 11.8. The van der Waals surface area contributed by atoms with Crippen molar-refractivity contribution < 1.29 is 9.90 Å². The van der Waals surface area contributed by atoms with Gasteiger partial charge >= 0.3 is 5.97 Å². The van der Waals surface area contributed by atoms with Crippen LogP contribution in [-0.4, -0.2) is 46.7 Å². The Labute approximate surface area is 110 Å². The number of rotatable bonds is 3. The summed E-state index contributed by atoms with van der Waals surface area (Å²) < 4.78 is 0. The summed E-state index contributed by atoms with van der Waals surface area (Å²) >= 11 is 0. The minimum absolute atomic E-state index is 0.236. The number of carbonyl (C=O) groups is 1. The maximum absolute atomic E-state index is 11.5. The van der Waals surface area contributed by atoms with Crippen molar-refractivity contribution in [2.24, 2.45) is 0 Å². The first kappa shape index (κ1) is 13.8. The molecule has 2 atom stereocenters. The Morgan fingerprint density at radius 2 is 2.06 bits per heavy atom. The Bertz CT molecular complexity index is 330. The van der Waals surface area contributed by atoms with Crippen molar-refractivity contribution in [1.29, 1.82) is 0 Å². The fraction of sp³-hybridized carbons (Fsp3) is 0.929. The second-order valence-electron chi connectivity index (χ2n) is 6.50. The molecule has 1 aliphatic heterocycles. The van der Waals surface area contributed by atoms with Gasteiger partial charge in [0, 0.05) is 11.6 Å². The van der Waals surface area contributed by atoms with Crippen LogP contribution < -0.4 is 5.32 Å². The van der Waals surface area contributed by atoms with E-state index < -0.39 is 11.5 Å². The maximum Gasteiger partial charge on any atom is 0.323 e. The largest absolute Gasteiger partial charge is 0.480 e. The summed E-state index contributed by atoms with van der Waals surface area (Å²) in [5.74, 6) is -0.688. The van der Waals surface area contributed by atoms with Crippen LogP contribution in [-0.2, 0) is 4.79 Å². The Morgan fingerprint density at radius 3 is 2.56 bits per heavy atom. The van der Waals surface area contributed by atoms with Crippen LogP contribution in [0.4, 0.5) is 0 Å². The molecular weight excluding hydrogens is 228 g/mol. The van der Waals surface area contributed by atoms with Gasteiger partial charge in [-0.05, 0) is 66.0 Å². The fourth-order valence-electron chi connectivity index (χ4n) is 3.85. The van der Waals surface area contributed by atoms with Crippen LogP contribution in [0.15, 0.2) is 0 Å². The van der Waals surface area contributed by atoms with Crippen LogP contribution in [0.2, 0.25) is 0 Å². The van der Waals surface area contributed by atoms with E-state index in [2.05, 4.69) is 24.1 Å². The molecule has 0 spiro atoms. The predicted octanol–water partition coefficient (Wildman–Crippen LogP) is 1.85. The normalized spacial score (nSPS) is 36.7. The molecule has 1 saturated heterocycles. The molecule has 2 N–H and O–H groups in total. The van der Waals surface area contributed by atoms with Gasteiger partial charge < -0.3 is 10.4 Å². The molecule has 2 unspecified atom stereocenters. The lowest BCUT2D eigenvalue weighted by molar-refractivity contribution is -0.147. The van der Waals surface area contributed by atoms with E-state index in [1.54, 1.807) is 7.05 Å². The second kappa shape index (κ2) is 4.82. The smallest absolute Gasteiger partial charge is 0.323 e. The minimum atomic E-state index is -0.707. The van der Waals surface area contributed by atoms with Gasteiger partial charge in [-0.3, -0.25) is 9.69 Å². The lowest BCUT2D eigenvalue weighted by Crippen LogP contribution is -2.58. The summed E-state index contributed by atoms with van der Waals surface area (Å²) in [7, 11) is 1.78. The second-order valence-corrected chi connectivity index (χ2v) is 6.50. The molecule has 2 rings (SSSR count). The van der Waals surface area contributed by atoms with Crippen molar-refractivity contribution in [2.75, 3.05) is 13.6 Å². The van der Waals surface area contributed by atoms with Crippen molar-refractivity contribution in [2.45, 2.75) is 69.5 Å². The van der Waals surface area contributed by atoms with Gasteiger partial charge in [-0.15, -0.1) is 0 Å². The van der Waals surface area contributed by atoms with Crippen molar-refractivity contribution in [3.05, 3.63) is 0 Å². The highest BCUT2D eigenvalue weighted by Crippen LogP contribution is 2.38. The first-order valence-corrected chi connectivity index (χ1v) is 7.10. The maximum atomic E-state index is 11.5. The van der Waals surface area contributed by atoms with E-state index in [0.717, 1.165) is 32.2 Å². The summed E-state index contributed by atoms with van der Waals surface area (Å²) in [4.78, 5) is 14.1. The number of likely N-dealkylation sites (tertiary alicyclic amines) is 1. The Hall–Kier alpha value is -0.610. The van der Waals surface area contributed by atoms with E-state index in [4.69, 9.17) is 0 Å². The highest BCUT2D eigenvalue weighted by atomic mass is 16.4. The molecule has 4 heteroatoms. The topological polar surface area (TPSA) is 52.6 Å². The van der Waals surface area contributed by atoms with Gasteiger partial charge in [-0.1, -0.05) is 0 Å². The zero-order valence-electron chi connectivity index (χ0n) is 11.8. The number of nitrogens with one attached hydrogen (secondary N) is 1. The first-order chi connectivity index (χ1) is 8.41. The Balaban J connectivity index is 2.13. The van der Waals surface area contributed by atoms with Gasteiger partial charge in [-0.25, -0.2) is 0 Å². The minimum Gasteiger partial charge on any atom is -0.480 e. The van der Waals surface area contributed by atoms with Crippen molar-refractivity contribution >= 4 is 5.97 Å². The first-order valence-electron chi connectivity index (χ1n) is 7.10. The predicted molar refractivity (Wildman–Crippen MR) is 71.7 cm³/mol. The molecule has 1 saturated carbocycles. The van der Waals surface area contributed by atoms with E-state index in [1.165, 1.54) is 12.8 Å². The molecule has 18 heavy (non-hydrogen) atoms. The van der Waals surface area contributed by atoms with Crippen molar-refractivity contribution in [1.82, 2.24) is 10.2 Å². The third kappa shape index (κ3) is 2.28. The molecule has 0 aromatic heterocycles. The van der Waals surface area contributed by atoms with Crippen LogP contribution in [0.5, 0.6) is 0 Å². The number of likely N-dealkylation sites (N-methyl/N-ethyl adjacent to an activating group) is 1. The highest BCUT2D eigenvalue weighted by Gasteiger charge is 2.46. The van der Waals surface area contributed by atoms with Crippen LogP contribution in [0, 0.1) is 0 Å². The monoisotopic (exact) mass is 254 g/mol. The molecule has 2 aliphatic rings. The molecule has 104 valence electrons. The number of carboxylic acids is 1. The quantitative estimate of drug-likeness (QED) is 0.807. The number of hydrogen-bond donors (Lipinski definition) is 2. The van der Waals surface area contributed by atoms with Crippen LogP contribution in [0.1, 0.15) is 52.4 Å². The molecule has 2 fully saturated rings. The SMILES string of the molecule is CNC1(C(=O)O)CCCC(N2CCCC2(C)C)C1. The molecule has 0 bridgehead atoms. The summed E-state index contributed by atoms with van der Waals surface area (Å²) in [6.45, 7) is 5.70. The third-order valence-electron chi connectivity index (χ3n) is 5.02. The lowest BCUT2D eigenvalue weighted by atomic mass is 9.77. The van der Waals surface area contributed by atoms with Crippen LogP contribution in [0.25, 0.3) is 0 Å². The van der Waals surface area contributed by atoms with E-state index >= 15 is 0 Å². The summed E-state index contributed by atoms with van der Waals surface area (Å²) in [5.41, 5.74) is -0.471. The van der Waals surface area contributed by atoms with Gasteiger partial charge in [0.2, 0.25) is 0 Å². The van der Waals surface area contributed by atoms with Crippen LogP contribution >= 0.6 is 0 Å². The van der Waals surface area contributed by atoms with E-state index in [0.29, 0.717) is 6.04 Å². The molecule has 0 aromatic rings. The molecule has 0 radical (unpaired) electrons. The summed E-state index contributed by atoms with van der Waals surface area (Å²) in [5, 5.41) is 12.6. The fourth-order valence-corrected chi connectivity index (χ4v) is 3.85. The average Bonchev–Trinajstić information content (AvgIpc) is 2.68. The van der Waals surface area contributed by atoms with E-state index in [1.807, 2.05) is 0 Å². The van der Waals surface area contributed by atoms with Gasteiger partial charge in [0.1, 0.15) is 5.54 Å². The van der Waals surface area contributed by atoms with Crippen LogP contribution in [0.3, 0.4) is 0 Å². The number of aliphatic carboxylic acids is 1. The molecule has 1 aliphatic carbocycles. The molecule has 0 aromatic carbocycles.